The van der Waals surface area contributed by atoms with E-state index in [2.05, 4.69) is 31.0 Å². The largest absolute Gasteiger partial charge is 0.385 e. The van der Waals surface area contributed by atoms with Crippen LogP contribution in [0.5, 0.6) is 0 Å². The Labute approximate surface area is 124 Å². The van der Waals surface area contributed by atoms with Crippen LogP contribution in [0, 0.1) is 11.3 Å². The number of thiocarbonyl (C=S) groups is 1. The van der Waals surface area contributed by atoms with E-state index >= 15 is 0 Å². The van der Waals surface area contributed by atoms with Gasteiger partial charge in [0.05, 0.1) is 0 Å². The molecule has 1 atom stereocenters. The second kappa shape index (κ2) is 8.05. The van der Waals surface area contributed by atoms with Crippen molar-refractivity contribution in [1.82, 2.24) is 10.2 Å². The molecular formula is C15H30N2OS. The Morgan fingerprint density at radius 2 is 2.05 bits per heavy atom. The van der Waals surface area contributed by atoms with Gasteiger partial charge in [0.15, 0.2) is 5.11 Å². The Hall–Kier alpha value is -0.350. The number of methoxy groups -OCH3 is 1. The Balaban J connectivity index is 2.33. The SMILES string of the molecule is COCCCNC(=S)N1CCCC(C(C)(C)C)CC1. The highest BCUT2D eigenvalue weighted by molar-refractivity contribution is 7.80. The molecule has 1 aliphatic rings. The smallest absolute Gasteiger partial charge is 0.168 e. The van der Waals surface area contributed by atoms with Crippen molar-refractivity contribution in [3.8, 4) is 0 Å². The highest BCUT2D eigenvalue weighted by atomic mass is 32.1. The summed E-state index contributed by atoms with van der Waals surface area (Å²) in [5, 5.41) is 4.27. The molecule has 0 bridgehead atoms. The first-order valence-corrected chi connectivity index (χ1v) is 7.87. The summed E-state index contributed by atoms with van der Waals surface area (Å²) in [5.41, 5.74) is 0.420. The molecule has 0 aliphatic carbocycles. The summed E-state index contributed by atoms with van der Waals surface area (Å²) in [6.07, 6.45) is 4.84. The molecule has 0 radical (unpaired) electrons. The average molecular weight is 286 g/mol. The van der Waals surface area contributed by atoms with Crippen molar-refractivity contribution >= 4 is 17.3 Å². The van der Waals surface area contributed by atoms with Crippen LogP contribution in [0.25, 0.3) is 0 Å². The van der Waals surface area contributed by atoms with Gasteiger partial charge in [-0.3, -0.25) is 0 Å². The van der Waals surface area contributed by atoms with Gasteiger partial charge in [0.1, 0.15) is 0 Å². The summed E-state index contributed by atoms with van der Waals surface area (Å²) in [7, 11) is 1.74. The fourth-order valence-corrected chi connectivity index (χ4v) is 2.97. The van der Waals surface area contributed by atoms with Gasteiger partial charge in [-0.2, -0.15) is 0 Å². The average Bonchev–Trinajstić information content (AvgIpc) is 2.59. The van der Waals surface area contributed by atoms with Gasteiger partial charge in [-0.1, -0.05) is 20.8 Å². The molecule has 0 amide bonds. The van der Waals surface area contributed by atoms with Gasteiger partial charge >= 0.3 is 0 Å². The van der Waals surface area contributed by atoms with Gasteiger partial charge in [0, 0.05) is 33.4 Å². The number of rotatable bonds is 4. The number of likely N-dealkylation sites (tertiary alicyclic amines) is 1. The molecule has 1 heterocycles. The van der Waals surface area contributed by atoms with Gasteiger partial charge < -0.3 is 15.0 Å². The van der Waals surface area contributed by atoms with Crippen LogP contribution in [0.15, 0.2) is 0 Å². The third-order valence-corrected chi connectivity index (χ3v) is 4.44. The van der Waals surface area contributed by atoms with E-state index in [0.717, 1.165) is 43.7 Å². The second-order valence-corrected chi connectivity index (χ2v) is 6.95. The van der Waals surface area contributed by atoms with Gasteiger partial charge in [-0.05, 0) is 49.2 Å². The van der Waals surface area contributed by atoms with Crippen LogP contribution >= 0.6 is 12.2 Å². The van der Waals surface area contributed by atoms with Crippen molar-refractivity contribution in [2.45, 2.75) is 46.5 Å². The maximum atomic E-state index is 5.49. The summed E-state index contributed by atoms with van der Waals surface area (Å²) in [6, 6.07) is 0. The minimum atomic E-state index is 0.420. The first kappa shape index (κ1) is 16.7. The molecule has 0 spiro atoms. The molecule has 1 aliphatic heterocycles. The van der Waals surface area contributed by atoms with E-state index in [1.54, 1.807) is 7.11 Å². The predicted molar refractivity (Wildman–Crippen MR) is 85.5 cm³/mol. The monoisotopic (exact) mass is 286 g/mol. The zero-order valence-electron chi connectivity index (χ0n) is 13.0. The fourth-order valence-electron chi connectivity index (χ4n) is 2.69. The Morgan fingerprint density at radius 3 is 2.68 bits per heavy atom. The number of hydrogen-bond acceptors (Lipinski definition) is 2. The molecule has 0 aromatic heterocycles. The number of nitrogens with one attached hydrogen (secondary N) is 1. The lowest BCUT2D eigenvalue weighted by Gasteiger charge is -2.30. The van der Waals surface area contributed by atoms with E-state index in [0.29, 0.717) is 5.41 Å². The molecular weight excluding hydrogens is 256 g/mol. The lowest BCUT2D eigenvalue weighted by molar-refractivity contribution is 0.195. The normalized spacial score (nSPS) is 21.1. The van der Waals surface area contributed by atoms with Crippen LogP contribution in [-0.4, -0.2) is 43.4 Å². The molecule has 1 N–H and O–H groups in total. The van der Waals surface area contributed by atoms with Crippen molar-refractivity contribution in [2.24, 2.45) is 11.3 Å². The molecule has 3 nitrogen and oxygen atoms in total. The van der Waals surface area contributed by atoms with Crippen molar-refractivity contribution < 1.29 is 4.74 Å². The summed E-state index contributed by atoms with van der Waals surface area (Å²) >= 11 is 5.49. The zero-order valence-corrected chi connectivity index (χ0v) is 13.8. The molecule has 4 heteroatoms. The standard InChI is InChI=1S/C15H30N2OS/c1-15(2,3)13-7-5-10-17(11-8-13)14(19)16-9-6-12-18-4/h13H,5-12H2,1-4H3,(H,16,19). The van der Waals surface area contributed by atoms with Crippen LogP contribution in [-0.2, 0) is 4.74 Å². The molecule has 1 unspecified atom stereocenters. The highest BCUT2D eigenvalue weighted by Gasteiger charge is 2.27. The summed E-state index contributed by atoms with van der Waals surface area (Å²) < 4.78 is 5.04. The molecule has 0 aromatic rings. The quantitative estimate of drug-likeness (QED) is 0.634. The van der Waals surface area contributed by atoms with Crippen molar-refractivity contribution in [1.29, 1.82) is 0 Å². The molecule has 1 fully saturated rings. The minimum absolute atomic E-state index is 0.420. The number of nitrogens with zero attached hydrogens (tertiary/aromatic N) is 1. The summed E-state index contributed by atoms with van der Waals surface area (Å²) in [6.45, 7) is 11.0. The number of ether oxygens (including phenoxy) is 1. The van der Waals surface area contributed by atoms with Crippen molar-refractivity contribution in [2.75, 3.05) is 33.4 Å². The summed E-state index contributed by atoms with van der Waals surface area (Å²) in [5.74, 6) is 0.814. The Morgan fingerprint density at radius 1 is 1.32 bits per heavy atom. The predicted octanol–water partition coefficient (Wildman–Crippen LogP) is 3.05. The van der Waals surface area contributed by atoms with Crippen LogP contribution < -0.4 is 5.32 Å². The van der Waals surface area contributed by atoms with Gasteiger partial charge in [0.2, 0.25) is 0 Å². The Bertz CT molecular complexity index is 276. The van der Waals surface area contributed by atoms with E-state index in [1.165, 1.54) is 19.3 Å². The third kappa shape index (κ3) is 6.09. The topological polar surface area (TPSA) is 24.5 Å². The lowest BCUT2D eigenvalue weighted by atomic mass is 9.77. The van der Waals surface area contributed by atoms with Gasteiger partial charge in [0.25, 0.3) is 0 Å². The van der Waals surface area contributed by atoms with E-state index in [1.807, 2.05) is 0 Å². The molecule has 0 aromatic carbocycles. The highest BCUT2D eigenvalue weighted by Crippen LogP contribution is 2.34. The second-order valence-electron chi connectivity index (χ2n) is 6.56. The van der Waals surface area contributed by atoms with Crippen LogP contribution in [0.4, 0.5) is 0 Å². The number of hydrogen-bond donors (Lipinski definition) is 1. The summed E-state index contributed by atoms with van der Waals surface area (Å²) in [4.78, 5) is 2.34. The lowest BCUT2D eigenvalue weighted by Crippen LogP contribution is -2.41. The van der Waals surface area contributed by atoms with Crippen molar-refractivity contribution in [3.63, 3.8) is 0 Å². The molecule has 0 saturated carbocycles. The third-order valence-electron chi connectivity index (χ3n) is 4.04. The van der Waals surface area contributed by atoms with Crippen LogP contribution in [0.2, 0.25) is 0 Å². The maximum Gasteiger partial charge on any atom is 0.168 e. The van der Waals surface area contributed by atoms with Gasteiger partial charge in [-0.15, -0.1) is 0 Å². The minimum Gasteiger partial charge on any atom is -0.385 e. The Kier molecular flexibility index (Phi) is 7.08. The van der Waals surface area contributed by atoms with Crippen LogP contribution in [0.1, 0.15) is 46.5 Å². The van der Waals surface area contributed by atoms with Crippen molar-refractivity contribution in [3.05, 3.63) is 0 Å². The molecule has 19 heavy (non-hydrogen) atoms. The van der Waals surface area contributed by atoms with E-state index in [9.17, 15) is 0 Å². The van der Waals surface area contributed by atoms with E-state index in [-0.39, 0.29) is 0 Å². The van der Waals surface area contributed by atoms with E-state index in [4.69, 9.17) is 17.0 Å². The maximum absolute atomic E-state index is 5.49. The van der Waals surface area contributed by atoms with E-state index < -0.39 is 0 Å². The molecule has 1 rings (SSSR count). The first-order valence-electron chi connectivity index (χ1n) is 7.47. The van der Waals surface area contributed by atoms with Gasteiger partial charge in [-0.25, -0.2) is 0 Å². The zero-order chi connectivity index (χ0) is 14.3. The molecule has 112 valence electrons. The molecule has 1 saturated heterocycles. The van der Waals surface area contributed by atoms with Crippen LogP contribution in [0.3, 0.4) is 0 Å². The fraction of sp³-hybridized carbons (Fsp3) is 0.933. The first-order chi connectivity index (χ1) is 8.95.